The average Bonchev–Trinajstić information content (AvgIpc) is 2.13. The van der Waals surface area contributed by atoms with Gasteiger partial charge < -0.3 is 21.1 Å². The maximum Gasteiger partial charge on any atom is 0.323 e. The lowest BCUT2D eigenvalue weighted by Gasteiger charge is -2.29. The third-order valence-electron chi connectivity index (χ3n) is 2.28. The molecule has 0 aliphatic rings. The molecule has 4 N–H and O–H groups in total. The van der Waals surface area contributed by atoms with Gasteiger partial charge in [-0.05, 0) is 20.3 Å². The van der Waals surface area contributed by atoms with Crippen LogP contribution in [0.2, 0.25) is 0 Å². The molecule has 0 aliphatic carbocycles. The number of carboxylic acid groups (broad SMARTS) is 1. The molecule has 0 aromatic carbocycles. The van der Waals surface area contributed by atoms with E-state index in [1.54, 1.807) is 0 Å². The van der Waals surface area contributed by atoms with E-state index in [9.17, 15) is 14.4 Å². The van der Waals surface area contributed by atoms with Crippen LogP contribution < -0.4 is 11.1 Å². The van der Waals surface area contributed by atoms with E-state index in [0.717, 1.165) is 17.7 Å². The van der Waals surface area contributed by atoms with Crippen molar-refractivity contribution in [1.29, 1.82) is 0 Å². The van der Waals surface area contributed by atoms with Crippen LogP contribution >= 0.6 is 0 Å². The van der Waals surface area contributed by atoms with Crippen LogP contribution in [-0.4, -0.2) is 46.5 Å². The van der Waals surface area contributed by atoms with E-state index in [1.165, 1.54) is 0 Å². The molecule has 0 aromatic rings. The van der Waals surface area contributed by atoms with Gasteiger partial charge in [0, 0.05) is 5.54 Å². The molecule has 0 unspecified atom stereocenters. The number of carboxylic acids is 1. The fourth-order valence-corrected chi connectivity index (χ4v) is 1.61. The number of amides is 3. The Morgan fingerprint density at radius 2 is 1.83 bits per heavy atom. The molecule has 0 saturated heterocycles. The zero-order valence-corrected chi connectivity index (χ0v) is 11.0. The van der Waals surface area contributed by atoms with Gasteiger partial charge in [0.2, 0.25) is 5.91 Å². The van der Waals surface area contributed by atoms with Crippen LogP contribution in [-0.2, 0) is 9.59 Å². The molecule has 0 saturated carbocycles. The Morgan fingerprint density at radius 3 is 2.22 bits per heavy atom. The summed E-state index contributed by atoms with van der Waals surface area (Å²) in [5.41, 5.74) is 4.52. The molecule has 0 fully saturated rings. The van der Waals surface area contributed by atoms with Crippen molar-refractivity contribution in [1.82, 2.24) is 10.2 Å². The Labute approximate surface area is 106 Å². The summed E-state index contributed by atoms with van der Waals surface area (Å²) in [7, 11) is 0. The average molecular weight is 259 g/mol. The molecular formula is C11H21N3O4. The number of primary amides is 1. The van der Waals surface area contributed by atoms with E-state index >= 15 is 0 Å². The molecule has 7 nitrogen and oxygen atoms in total. The van der Waals surface area contributed by atoms with Gasteiger partial charge in [-0.2, -0.15) is 0 Å². The van der Waals surface area contributed by atoms with Gasteiger partial charge in [0.25, 0.3) is 0 Å². The highest BCUT2D eigenvalue weighted by Crippen LogP contribution is 2.11. The van der Waals surface area contributed by atoms with Crippen molar-refractivity contribution < 1.29 is 19.5 Å². The molecule has 0 bridgehead atoms. The predicted molar refractivity (Wildman–Crippen MR) is 65.9 cm³/mol. The minimum Gasteiger partial charge on any atom is -0.480 e. The van der Waals surface area contributed by atoms with E-state index in [1.807, 2.05) is 20.8 Å². The normalized spacial score (nSPS) is 10.8. The highest BCUT2D eigenvalue weighted by molar-refractivity contribution is 5.86. The first kappa shape index (κ1) is 16.2. The first-order valence-corrected chi connectivity index (χ1v) is 5.75. The quantitative estimate of drug-likeness (QED) is 0.603. The van der Waals surface area contributed by atoms with Crippen molar-refractivity contribution in [2.75, 3.05) is 13.1 Å². The van der Waals surface area contributed by atoms with Crippen molar-refractivity contribution in [3.63, 3.8) is 0 Å². The van der Waals surface area contributed by atoms with Crippen molar-refractivity contribution in [2.24, 2.45) is 5.73 Å². The van der Waals surface area contributed by atoms with E-state index in [4.69, 9.17) is 10.8 Å². The van der Waals surface area contributed by atoms with E-state index in [-0.39, 0.29) is 0 Å². The summed E-state index contributed by atoms with van der Waals surface area (Å²) in [4.78, 5) is 34.1. The van der Waals surface area contributed by atoms with Gasteiger partial charge >= 0.3 is 12.0 Å². The number of nitrogens with two attached hydrogens (primary N) is 1. The van der Waals surface area contributed by atoms with Gasteiger partial charge in [-0.25, -0.2) is 4.79 Å². The summed E-state index contributed by atoms with van der Waals surface area (Å²) < 4.78 is 0. The van der Waals surface area contributed by atoms with Crippen LogP contribution in [0.5, 0.6) is 0 Å². The van der Waals surface area contributed by atoms with E-state index in [2.05, 4.69) is 5.32 Å². The molecule has 0 heterocycles. The summed E-state index contributed by atoms with van der Waals surface area (Å²) in [5, 5.41) is 11.4. The zero-order valence-electron chi connectivity index (χ0n) is 11.0. The molecule has 0 spiro atoms. The van der Waals surface area contributed by atoms with Gasteiger partial charge in [0.1, 0.15) is 13.1 Å². The van der Waals surface area contributed by atoms with Crippen LogP contribution in [0.25, 0.3) is 0 Å². The molecule has 0 rings (SSSR count). The highest BCUT2D eigenvalue weighted by atomic mass is 16.4. The van der Waals surface area contributed by atoms with Gasteiger partial charge in [0.05, 0.1) is 0 Å². The summed E-state index contributed by atoms with van der Waals surface area (Å²) in [6, 6.07) is -0.602. The molecule has 7 heteroatoms. The lowest BCUT2D eigenvalue weighted by molar-refractivity contribution is -0.137. The summed E-state index contributed by atoms with van der Waals surface area (Å²) in [6.07, 6.45) is 1.62. The number of nitrogens with one attached hydrogen (secondary N) is 1. The van der Waals surface area contributed by atoms with Crippen LogP contribution in [0.3, 0.4) is 0 Å². The zero-order chi connectivity index (χ0) is 14.3. The van der Waals surface area contributed by atoms with Crippen LogP contribution in [0.4, 0.5) is 4.79 Å². The molecule has 3 amide bonds. The first-order valence-electron chi connectivity index (χ1n) is 5.75. The third-order valence-corrected chi connectivity index (χ3v) is 2.28. The predicted octanol–water partition coefficient (Wildman–Crippen LogP) is 0.147. The third kappa shape index (κ3) is 6.72. The Kier molecular flexibility index (Phi) is 6.15. The number of hydrogen-bond acceptors (Lipinski definition) is 3. The summed E-state index contributed by atoms with van der Waals surface area (Å²) in [5.74, 6) is -1.95. The number of hydrogen-bond donors (Lipinski definition) is 3. The highest BCUT2D eigenvalue weighted by Gasteiger charge is 2.25. The number of aliphatic carboxylic acids is 1. The number of urea groups is 1. The SMILES string of the molecule is CCCC(C)(C)NC(=O)N(CC(N)=O)CC(=O)O. The summed E-state index contributed by atoms with van der Waals surface area (Å²) in [6.45, 7) is 4.67. The van der Waals surface area contributed by atoms with Crippen LogP contribution in [0.15, 0.2) is 0 Å². The number of nitrogens with zero attached hydrogens (tertiary/aromatic N) is 1. The monoisotopic (exact) mass is 259 g/mol. The fraction of sp³-hybridized carbons (Fsp3) is 0.727. The minimum absolute atomic E-state index is 0.416. The van der Waals surface area contributed by atoms with Crippen LogP contribution in [0, 0.1) is 0 Å². The lowest BCUT2D eigenvalue weighted by Crippen LogP contribution is -2.53. The number of carbonyl (C=O) groups is 3. The van der Waals surface area contributed by atoms with Crippen molar-refractivity contribution in [3.05, 3.63) is 0 Å². The molecule has 18 heavy (non-hydrogen) atoms. The van der Waals surface area contributed by atoms with Gasteiger partial charge in [-0.1, -0.05) is 13.3 Å². The first-order chi connectivity index (χ1) is 8.18. The summed E-state index contributed by atoms with van der Waals surface area (Å²) >= 11 is 0. The minimum atomic E-state index is -1.19. The van der Waals surface area contributed by atoms with Crippen molar-refractivity contribution in [3.8, 4) is 0 Å². The second-order valence-corrected chi connectivity index (χ2v) is 4.78. The van der Waals surface area contributed by atoms with Crippen molar-refractivity contribution >= 4 is 17.9 Å². The molecule has 0 aliphatic heterocycles. The Bertz CT molecular complexity index is 312. The number of carbonyl (C=O) groups excluding carboxylic acids is 2. The Balaban J connectivity index is 4.64. The molecule has 0 aromatic heterocycles. The van der Waals surface area contributed by atoms with E-state index < -0.39 is 36.5 Å². The fourth-order valence-electron chi connectivity index (χ4n) is 1.61. The lowest BCUT2D eigenvalue weighted by atomic mass is 9.99. The standard InChI is InChI=1S/C11H21N3O4/c1-4-5-11(2,3)13-10(18)14(6-8(12)15)7-9(16)17/h4-7H2,1-3H3,(H2,12,15)(H,13,18)(H,16,17). The number of rotatable bonds is 7. The van der Waals surface area contributed by atoms with Gasteiger partial charge in [-0.15, -0.1) is 0 Å². The Hall–Kier alpha value is -1.79. The second kappa shape index (κ2) is 6.83. The second-order valence-electron chi connectivity index (χ2n) is 4.78. The molecular weight excluding hydrogens is 238 g/mol. The Morgan fingerprint density at radius 1 is 1.28 bits per heavy atom. The van der Waals surface area contributed by atoms with Gasteiger partial charge in [-0.3, -0.25) is 9.59 Å². The molecule has 0 radical (unpaired) electrons. The topological polar surface area (TPSA) is 113 Å². The maximum atomic E-state index is 11.8. The largest absolute Gasteiger partial charge is 0.480 e. The van der Waals surface area contributed by atoms with Crippen LogP contribution in [0.1, 0.15) is 33.6 Å². The van der Waals surface area contributed by atoms with Gasteiger partial charge in [0.15, 0.2) is 0 Å². The van der Waals surface area contributed by atoms with E-state index in [0.29, 0.717) is 0 Å². The van der Waals surface area contributed by atoms with Crippen molar-refractivity contribution in [2.45, 2.75) is 39.2 Å². The molecule has 104 valence electrons. The smallest absolute Gasteiger partial charge is 0.323 e. The molecule has 0 atom stereocenters. The maximum absolute atomic E-state index is 11.8.